The van der Waals surface area contributed by atoms with Gasteiger partial charge in [-0.1, -0.05) is 63.4 Å². The molecule has 0 aromatic heterocycles. The van der Waals surface area contributed by atoms with Crippen LogP contribution in [-0.2, 0) is 17.9 Å². The van der Waals surface area contributed by atoms with Crippen LogP contribution >= 0.6 is 50.9 Å². The lowest BCUT2D eigenvalue weighted by molar-refractivity contribution is -0.123. The highest BCUT2D eigenvalue weighted by Crippen LogP contribution is 2.39. The first kappa shape index (κ1) is 24.7. The Morgan fingerprint density at radius 2 is 1.68 bits per heavy atom. The van der Waals surface area contributed by atoms with Gasteiger partial charge in [0.25, 0.3) is 11.1 Å². The van der Waals surface area contributed by atoms with Gasteiger partial charge in [-0.25, -0.2) is 0 Å². The number of rotatable bonds is 7. The minimum atomic E-state index is -0.365. The Labute approximate surface area is 219 Å². The van der Waals surface area contributed by atoms with E-state index in [4.69, 9.17) is 32.7 Å². The van der Waals surface area contributed by atoms with Crippen molar-refractivity contribution in [2.75, 3.05) is 7.11 Å². The summed E-state index contributed by atoms with van der Waals surface area (Å²) in [6.45, 7) is 0.485. The fourth-order valence-electron chi connectivity index (χ4n) is 3.26. The maximum absolute atomic E-state index is 12.9. The normalized spacial score (nSPS) is 14.7. The third-order valence-electron chi connectivity index (χ3n) is 4.97. The van der Waals surface area contributed by atoms with Crippen LogP contribution in [0.15, 0.2) is 70.0 Å². The summed E-state index contributed by atoms with van der Waals surface area (Å²) in [4.78, 5) is 26.9. The fraction of sp³-hybridized carbons (Fsp3) is 0.120. The Balaban J connectivity index is 1.52. The highest BCUT2D eigenvalue weighted by molar-refractivity contribution is 9.10. The van der Waals surface area contributed by atoms with E-state index in [1.165, 1.54) is 12.0 Å². The number of nitrogens with zero attached hydrogens (tertiary/aromatic N) is 1. The van der Waals surface area contributed by atoms with Gasteiger partial charge < -0.3 is 9.47 Å². The van der Waals surface area contributed by atoms with Crippen molar-refractivity contribution in [1.82, 2.24) is 4.90 Å². The molecule has 0 N–H and O–H groups in total. The average molecular weight is 579 g/mol. The zero-order valence-corrected chi connectivity index (χ0v) is 21.8. The molecule has 0 aliphatic carbocycles. The van der Waals surface area contributed by atoms with Gasteiger partial charge >= 0.3 is 0 Å². The van der Waals surface area contributed by atoms with Crippen molar-refractivity contribution in [2.24, 2.45) is 0 Å². The number of carbonyl (C=O) groups excluding carboxylic acids is 2. The van der Waals surface area contributed by atoms with E-state index in [-0.39, 0.29) is 17.7 Å². The summed E-state index contributed by atoms with van der Waals surface area (Å²) in [6, 6.07) is 18.2. The van der Waals surface area contributed by atoms with Crippen LogP contribution in [-0.4, -0.2) is 23.2 Å². The van der Waals surface area contributed by atoms with E-state index in [0.717, 1.165) is 27.4 Å². The molecule has 0 atom stereocenters. The summed E-state index contributed by atoms with van der Waals surface area (Å²) in [7, 11) is 1.52. The van der Waals surface area contributed by atoms with Crippen LogP contribution in [0.4, 0.5) is 4.79 Å². The van der Waals surface area contributed by atoms with Crippen molar-refractivity contribution in [1.29, 1.82) is 0 Å². The lowest BCUT2D eigenvalue weighted by atomic mass is 10.1. The molecule has 0 spiro atoms. The van der Waals surface area contributed by atoms with Crippen LogP contribution in [0, 0.1) is 0 Å². The SMILES string of the molecule is COc1cc(/C=C2\SC(=O)N(Cc3ccc(Cl)cc3)C2=O)cc(Cl)c1OCc1ccc(Br)cc1. The van der Waals surface area contributed by atoms with Crippen LogP contribution < -0.4 is 9.47 Å². The molecule has 0 saturated carbocycles. The molecule has 9 heteroatoms. The largest absolute Gasteiger partial charge is 0.493 e. The minimum absolute atomic E-state index is 0.173. The van der Waals surface area contributed by atoms with E-state index < -0.39 is 0 Å². The molecule has 5 nitrogen and oxygen atoms in total. The van der Waals surface area contributed by atoms with Gasteiger partial charge in [0.1, 0.15) is 6.61 Å². The summed E-state index contributed by atoms with van der Waals surface area (Å²) < 4.78 is 12.4. The van der Waals surface area contributed by atoms with E-state index in [9.17, 15) is 9.59 Å². The number of hydrogen-bond donors (Lipinski definition) is 0. The first-order valence-corrected chi connectivity index (χ1v) is 12.4. The second kappa shape index (κ2) is 10.9. The number of amides is 2. The molecule has 1 aliphatic heterocycles. The smallest absolute Gasteiger partial charge is 0.293 e. The molecule has 0 radical (unpaired) electrons. The predicted octanol–water partition coefficient (Wildman–Crippen LogP) is 7.58. The topological polar surface area (TPSA) is 55.8 Å². The zero-order chi connectivity index (χ0) is 24.2. The zero-order valence-electron chi connectivity index (χ0n) is 17.9. The standard InChI is InChI=1S/C25H18BrCl2NO4S/c1-32-21-11-17(10-20(28)23(21)33-14-16-2-6-18(26)7-3-16)12-22-24(30)29(25(31)34-22)13-15-4-8-19(27)9-5-15/h2-12H,13-14H2,1H3/b22-12-. The van der Waals surface area contributed by atoms with Gasteiger partial charge in [-0.05, 0) is 70.9 Å². The van der Waals surface area contributed by atoms with E-state index >= 15 is 0 Å². The molecule has 1 aliphatic rings. The monoisotopic (exact) mass is 577 g/mol. The second-order valence-electron chi connectivity index (χ2n) is 7.34. The number of halogens is 3. The Morgan fingerprint density at radius 1 is 1.00 bits per heavy atom. The van der Waals surface area contributed by atoms with E-state index in [2.05, 4.69) is 15.9 Å². The van der Waals surface area contributed by atoms with Gasteiger partial charge in [0.2, 0.25) is 0 Å². The van der Waals surface area contributed by atoms with Crippen LogP contribution in [0.2, 0.25) is 10.0 Å². The lowest BCUT2D eigenvalue weighted by Crippen LogP contribution is -2.27. The minimum Gasteiger partial charge on any atom is -0.493 e. The van der Waals surface area contributed by atoms with Crippen molar-refractivity contribution >= 4 is 68.1 Å². The molecule has 3 aromatic rings. The molecular formula is C25H18BrCl2NO4S. The van der Waals surface area contributed by atoms with Gasteiger partial charge in [0.15, 0.2) is 11.5 Å². The van der Waals surface area contributed by atoms with Crippen molar-refractivity contribution in [3.05, 3.63) is 96.8 Å². The Hall–Kier alpha value is -2.45. The Morgan fingerprint density at radius 3 is 2.35 bits per heavy atom. The number of benzene rings is 3. The highest BCUT2D eigenvalue weighted by Gasteiger charge is 2.35. The number of imide groups is 1. The van der Waals surface area contributed by atoms with Gasteiger partial charge in [-0.3, -0.25) is 14.5 Å². The third kappa shape index (κ3) is 5.78. The molecule has 2 amide bonds. The number of carbonyl (C=O) groups is 2. The third-order valence-corrected chi connectivity index (χ3v) is 6.94. The summed E-state index contributed by atoms with van der Waals surface area (Å²) in [5.74, 6) is 0.465. The van der Waals surface area contributed by atoms with Crippen LogP contribution in [0.5, 0.6) is 11.5 Å². The van der Waals surface area contributed by atoms with Gasteiger partial charge in [0.05, 0.1) is 23.6 Å². The van der Waals surface area contributed by atoms with E-state index in [1.54, 1.807) is 42.5 Å². The fourth-order valence-corrected chi connectivity index (χ4v) is 4.76. The first-order valence-electron chi connectivity index (χ1n) is 10.1. The van der Waals surface area contributed by atoms with Crippen LogP contribution in [0.1, 0.15) is 16.7 Å². The molecular weight excluding hydrogens is 561 g/mol. The Kier molecular flexibility index (Phi) is 7.88. The highest BCUT2D eigenvalue weighted by atomic mass is 79.9. The molecule has 4 rings (SSSR count). The van der Waals surface area contributed by atoms with Gasteiger partial charge in [-0.15, -0.1) is 0 Å². The van der Waals surface area contributed by atoms with Crippen LogP contribution in [0.25, 0.3) is 6.08 Å². The summed E-state index contributed by atoms with van der Waals surface area (Å²) in [6.07, 6.45) is 1.62. The first-order chi connectivity index (χ1) is 16.3. The molecule has 0 bridgehead atoms. The van der Waals surface area contributed by atoms with Gasteiger partial charge in [0, 0.05) is 9.50 Å². The van der Waals surface area contributed by atoms with E-state index in [1.807, 2.05) is 24.3 Å². The molecule has 1 fully saturated rings. The van der Waals surface area contributed by atoms with Crippen molar-refractivity contribution in [3.8, 4) is 11.5 Å². The number of thioether (sulfide) groups is 1. The second-order valence-corrected chi connectivity index (χ2v) is 10.1. The van der Waals surface area contributed by atoms with Crippen molar-refractivity contribution < 1.29 is 19.1 Å². The summed E-state index contributed by atoms with van der Waals surface area (Å²) in [5, 5.41) is 0.592. The molecule has 0 unspecified atom stereocenters. The molecule has 34 heavy (non-hydrogen) atoms. The average Bonchev–Trinajstić information content (AvgIpc) is 3.07. The molecule has 3 aromatic carbocycles. The summed E-state index contributed by atoms with van der Waals surface area (Å²) in [5.41, 5.74) is 2.40. The maximum atomic E-state index is 12.9. The van der Waals surface area contributed by atoms with Crippen molar-refractivity contribution in [2.45, 2.75) is 13.2 Å². The molecule has 1 saturated heterocycles. The Bertz CT molecular complexity index is 1260. The number of ether oxygens (including phenoxy) is 2. The van der Waals surface area contributed by atoms with Gasteiger partial charge in [-0.2, -0.15) is 0 Å². The number of hydrogen-bond acceptors (Lipinski definition) is 5. The van der Waals surface area contributed by atoms with Crippen molar-refractivity contribution in [3.63, 3.8) is 0 Å². The summed E-state index contributed by atoms with van der Waals surface area (Å²) >= 11 is 16.7. The maximum Gasteiger partial charge on any atom is 0.293 e. The number of methoxy groups -OCH3 is 1. The quantitative estimate of drug-likeness (QED) is 0.270. The lowest BCUT2D eigenvalue weighted by Gasteiger charge is -2.14. The van der Waals surface area contributed by atoms with E-state index in [0.29, 0.717) is 38.6 Å². The molecule has 174 valence electrons. The molecule has 1 heterocycles. The predicted molar refractivity (Wildman–Crippen MR) is 139 cm³/mol. The van der Waals surface area contributed by atoms with Crippen LogP contribution in [0.3, 0.4) is 0 Å².